The van der Waals surface area contributed by atoms with E-state index in [4.69, 9.17) is 5.41 Å². The molecule has 1 aliphatic heterocycles. The van der Waals surface area contributed by atoms with Gasteiger partial charge in [0.1, 0.15) is 6.17 Å². The van der Waals surface area contributed by atoms with Crippen molar-refractivity contribution in [3.63, 3.8) is 0 Å². The SMILES string of the molecule is C/C=C\C(=C/C(=N)c1ccc(CN2CCC(F)CC2)s1)C(F)(F)F. The molecule has 0 bridgehead atoms. The number of rotatable bonds is 5. The molecular formula is C17H20F4N2S. The summed E-state index contributed by atoms with van der Waals surface area (Å²) in [5.74, 6) is 0. The van der Waals surface area contributed by atoms with Gasteiger partial charge in [-0.15, -0.1) is 11.3 Å². The molecule has 0 saturated carbocycles. The summed E-state index contributed by atoms with van der Waals surface area (Å²) in [6.45, 7) is 3.53. The number of likely N-dealkylation sites (tertiary alicyclic amines) is 1. The number of hydrogen-bond donors (Lipinski definition) is 1. The first kappa shape index (κ1) is 18.9. The van der Waals surface area contributed by atoms with Crippen LogP contribution in [0.15, 0.2) is 35.9 Å². The van der Waals surface area contributed by atoms with Crippen LogP contribution in [-0.4, -0.2) is 36.0 Å². The highest BCUT2D eigenvalue weighted by molar-refractivity contribution is 7.14. The molecular weight excluding hydrogens is 340 g/mol. The summed E-state index contributed by atoms with van der Waals surface area (Å²) in [6, 6.07) is 3.50. The number of thiophene rings is 1. The number of hydrogen-bond acceptors (Lipinski definition) is 3. The Morgan fingerprint density at radius 1 is 1.33 bits per heavy atom. The first-order valence-corrected chi connectivity index (χ1v) is 8.57. The fraction of sp³-hybridized carbons (Fsp3) is 0.471. The Hall–Kier alpha value is -1.47. The third-order valence-corrected chi connectivity index (χ3v) is 4.90. The van der Waals surface area contributed by atoms with E-state index in [0.717, 1.165) is 17.0 Å². The summed E-state index contributed by atoms with van der Waals surface area (Å²) in [6.07, 6.45) is -1.04. The Morgan fingerprint density at radius 2 is 2.00 bits per heavy atom. The average Bonchev–Trinajstić information content (AvgIpc) is 2.97. The summed E-state index contributed by atoms with van der Waals surface area (Å²) in [4.78, 5) is 3.60. The molecule has 1 N–H and O–H groups in total. The van der Waals surface area contributed by atoms with Gasteiger partial charge in [0.2, 0.25) is 0 Å². The highest BCUT2D eigenvalue weighted by atomic mass is 32.1. The maximum Gasteiger partial charge on any atom is 0.416 e. The third-order valence-electron chi connectivity index (χ3n) is 3.80. The van der Waals surface area contributed by atoms with E-state index >= 15 is 0 Å². The Labute approximate surface area is 143 Å². The number of allylic oxidation sites excluding steroid dienone is 4. The van der Waals surface area contributed by atoms with Gasteiger partial charge in [0.05, 0.1) is 16.2 Å². The molecule has 1 fully saturated rings. The molecule has 24 heavy (non-hydrogen) atoms. The smallest absolute Gasteiger partial charge is 0.299 e. The van der Waals surface area contributed by atoms with E-state index in [1.54, 1.807) is 6.07 Å². The first-order valence-electron chi connectivity index (χ1n) is 7.75. The van der Waals surface area contributed by atoms with E-state index < -0.39 is 17.9 Å². The van der Waals surface area contributed by atoms with Crippen LogP contribution in [0.4, 0.5) is 17.6 Å². The molecule has 2 rings (SSSR count). The monoisotopic (exact) mass is 360 g/mol. The number of alkyl halides is 4. The van der Waals surface area contributed by atoms with E-state index in [1.807, 2.05) is 6.07 Å². The van der Waals surface area contributed by atoms with Gasteiger partial charge in [-0.3, -0.25) is 10.3 Å². The van der Waals surface area contributed by atoms with Gasteiger partial charge < -0.3 is 0 Å². The number of halogens is 4. The molecule has 2 heterocycles. The Balaban J connectivity index is 2.05. The first-order chi connectivity index (χ1) is 11.3. The molecule has 7 heteroatoms. The van der Waals surface area contributed by atoms with Crippen molar-refractivity contribution in [3.8, 4) is 0 Å². The lowest BCUT2D eigenvalue weighted by Gasteiger charge is -2.27. The standard InChI is InChI=1S/C17H20F4N2S/c1-2-3-12(17(19,20)21)10-15(22)16-5-4-14(24-16)11-23-8-6-13(18)7-9-23/h2-5,10,13,22H,6-9,11H2,1H3/b3-2-,12-10+,22-15?. The molecule has 1 aromatic heterocycles. The van der Waals surface area contributed by atoms with E-state index in [9.17, 15) is 17.6 Å². The summed E-state index contributed by atoms with van der Waals surface area (Å²) in [7, 11) is 0. The second kappa shape index (κ2) is 8.07. The molecule has 1 saturated heterocycles. The molecule has 0 aliphatic carbocycles. The lowest BCUT2D eigenvalue weighted by Crippen LogP contribution is -2.33. The van der Waals surface area contributed by atoms with Crippen molar-refractivity contribution in [2.75, 3.05) is 13.1 Å². The Morgan fingerprint density at radius 3 is 2.58 bits per heavy atom. The van der Waals surface area contributed by atoms with Crippen molar-refractivity contribution in [3.05, 3.63) is 45.7 Å². The topological polar surface area (TPSA) is 27.1 Å². The van der Waals surface area contributed by atoms with Gasteiger partial charge >= 0.3 is 6.18 Å². The van der Waals surface area contributed by atoms with Gasteiger partial charge in [0, 0.05) is 24.5 Å². The predicted molar refractivity (Wildman–Crippen MR) is 89.5 cm³/mol. The third kappa shape index (κ3) is 5.27. The van der Waals surface area contributed by atoms with Gasteiger partial charge in [0.15, 0.2) is 0 Å². The van der Waals surface area contributed by atoms with Gasteiger partial charge in [-0.25, -0.2) is 4.39 Å². The normalized spacial score (nSPS) is 18.5. The van der Waals surface area contributed by atoms with Crippen LogP contribution in [0.3, 0.4) is 0 Å². The van der Waals surface area contributed by atoms with Gasteiger partial charge in [-0.1, -0.05) is 12.2 Å². The molecule has 0 atom stereocenters. The molecule has 0 amide bonds. The van der Waals surface area contributed by atoms with Gasteiger partial charge in [0.25, 0.3) is 0 Å². The molecule has 132 valence electrons. The van der Waals surface area contributed by atoms with Crippen LogP contribution in [0.2, 0.25) is 0 Å². The van der Waals surface area contributed by atoms with E-state index in [2.05, 4.69) is 4.90 Å². The molecule has 0 unspecified atom stereocenters. The van der Waals surface area contributed by atoms with Crippen molar-refractivity contribution in [1.29, 1.82) is 5.41 Å². The van der Waals surface area contributed by atoms with Crippen LogP contribution < -0.4 is 0 Å². The van der Waals surface area contributed by atoms with Gasteiger partial charge in [-0.2, -0.15) is 13.2 Å². The van der Waals surface area contributed by atoms with Crippen molar-refractivity contribution in [2.45, 2.75) is 38.7 Å². The minimum absolute atomic E-state index is 0.154. The Kier molecular flexibility index (Phi) is 6.34. The van der Waals surface area contributed by atoms with E-state index in [1.165, 1.54) is 24.3 Å². The van der Waals surface area contributed by atoms with Crippen molar-refractivity contribution in [2.24, 2.45) is 0 Å². The molecule has 0 spiro atoms. The van der Waals surface area contributed by atoms with Crippen molar-refractivity contribution < 1.29 is 17.6 Å². The highest BCUT2D eigenvalue weighted by Crippen LogP contribution is 2.28. The number of nitrogens with one attached hydrogen (secondary N) is 1. The van der Waals surface area contributed by atoms with E-state index in [-0.39, 0.29) is 5.71 Å². The maximum absolute atomic E-state index is 13.1. The van der Waals surface area contributed by atoms with Crippen LogP contribution in [0.1, 0.15) is 29.5 Å². The lowest BCUT2D eigenvalue weighted by molar-refractivity contribution is -0.0881. The summed E-state index contributed by atoms with van der Waals surface area (Å²) in [5.41, 5.74) is -0.992. The average molecular weight is 360 g/mol. The quantitative estimate of drug-likeness (QED) is 0.441. The van der Waals surface area contributed by atoms with Crippen molar-refractivity contribution in [1.82, 2.24) is 4.90 Å². The van der Waals surface area contributed by atoms with Crippen LogP contribution in [0.25, 0.3) is 0 Å². The minimum Gasteiger partial charge on any atom is -0.299 e. The van der Waals surface area contributed by atoms with Crippen molar-refractivity contribution >= 4 is 17.0 Å². The zero-order valence-corrected chi connectivity index (χ0v) is 14.2. The minimum atomic E-state index is -4.48. The fourth-order valence-corrected chi connectivity index (χ4v) is 3.49. The summed E-state index contributed by atoms with van der Waals surface area (Å²) < 4.78 is 51.8. The summed E-state index contributed by atoms with van der Waals surface area (Å²) in [5, 5.41) is 7.91. The van der Waals surface area contributed by atoms with Crippen LogP contribution in [0, 0.1) is 5.41 Å². The Bertz CT molecular complexity index is 623. The zero-order valence-electron chi connectivity index (χ0n) is 13.4. The largest absolute Gasteiger partial charge is 0.416 e. The highest BCUT2D eigenvalue weighted by Gasteiger charge is 2.32. The fourth-order valence-electron chi connectivity index (χ4n) is 2.52. The molecule has 1 aromatic rings. The van der Waals surface area contributed by atoms with Crippen LogP contribution in [-0.2, 0) is 6.54 Å². The predicted octanol–water partition coefficient (Wildman–Crippen LogP) is 5.11. The number of piperidine rings is 1. The number of nitrogens with zero attached hydrogens (tertiary/aromatic N) is 1. The lowest BCUT2D eigenvalue weighted by atomic mass is 10.1. The summed E-state index contributed by atoms with van der Waals surface area (Å²) >= 11 is 1.31. The van der Waals surface area contributed by atoms with E-state index in [0.29, 0.717) is 37.4 Å². The molecule has 1 aliphatic rings. The maximum atomic E-state index is 13.1. The van der Waals surface area contributed by atoms with Crippen LogP contribution in [0.5, 0.6) is 0 Å². The second-order valence-corrected chi connectivity index (χ2v) is 6.90. The molecule has 0 radical (unpaired) electrons. The molecule has 2 nitrogen and oxygen atoms in total. The molecule has 0 aromatic carbocycles. The second-order valence-electron chi connectivity index (χ2n) is 5.73. The van der Waals surface area contributed by atoms with Gasteiger partial charge in [-0.05, 0) is 38.0 Å². The van der Waals surface area contributed by atoms with Crippen LogP contribution >= 0.6 is 11.3 Å². The zero-order chi connectivity index (χ0) is 17.7.